The van der Waals surface area contributed by atoms with E-state index in [9.17, 15) is 4.79 Å². The lowest BCUT2D eigenvalue weighted by molar-refractivity contribution is -0.137. The van der Waals surface area contributed by atoms with Gasteiger partial charge in [0.25, 0.3) is 0 Å². The van der Waals surface area contributed by atoms with Crippen molar-refractivity contribution in [3.63, 3.8) is 0 Å². The second-order valence-corrected chi connectivity index (χ2v) is 11.9. The van der Waals surface area contributed by atoms with Crippen molar-refractivity contribution >= 4 is 34.5 Å². The third-order valence-electron chi connectivity index (χ3n) is 7.33. The summed E-state index contributed by atoms with van der Waals surface area (Å²) in [6, 6.07) is 24.3. The number of hydrogen-bond donors (Lipinski definition) is 2. The van der Waals surface area contributed by atoms with E-state index in [0.29, 0.717) is 6.42 Å². The third-order valence-corrected chi connectivity index (χ3v) is 8.21. The number of unbranched alkanes of at least 4 members (excludes halogenated alkanes) is 14. The molecule has 7 heteroatoms. The number of hydrazone groups is 1. The molecule has 2 aromatic carbocycles. The minimum atomic E-state index is -0.653. The van der Waals surface area contributed by atoms with Gasteiger partial charge in [0.15, 0.2) is 5.84 Å². The van der Waals surface area contributed by atoms with Gasteiger partial charge >= 0.3 is 5.97 Å². The Balaban J connectivity index is 0.000000232. The molecule has 0 amide bonds. The van der Waals surface area contributed by atoms with E-state index in [0.717, 1.165) is 34.9 Å². The van der Waals surface area contributed by atoms with Gasteiger partial charge in [-0.05, 0) is 42.1 Å². The molecule has 1 aliphatic heterocycles. The maximum absolute atomic E-state index is 10.3. The number of hydrogen-bond acceptors (Lipinski definition) is 6. The molecule has 0 atom stereocenters. The Labute approximate surface area is 257 Å². The van der Waals surface area contributed by atoms with Crippen LogP contribution in [0.1, 0.15) is 115 Å². The van der Waals surface area contributed by atoms with Crippen LogP contribution >= 0.6 is 11.3 Å². The summed E-state index contributed by atoms with van der Waals surface area (Å²) in [6.45, 7) is 2.27. The van der Waals surface area contributed by atoms with Crippen molar-refractivity contribution in [3.05, 3.63) is 83.1 Å². The van der Waals surface area contributed by atoms with Crippen LogP contribution in [0.5, 0.6) is 0 Å². The zero-order valence-electron chi connectivity index (χ0n) is 25.4. The molecule has 1 aromatic heterocycles. The quantitative estimate of drug-likeness (QED) is 0.136. The summed E-state index contributed by atoms with van der Waals surface area (Å²) in [5.74, 6) is 0.197. The standard InChI is InChI=1S/C18H36O2.C17H14N4S/c1-2-3-4-5-6-7-8-9-10-11-12-13-14-15-16-17-18(19)20;1-3-8-14(9-4-1)20-18-17(16-12-7-13-22-16)19-21(20)15-10-5-2-6-11-15/h2-17H2,1H3,(H,19,20);1-13H,(H,18,19). The van der Waals surface area contributed by atoms with Crippen molar-refractivity contribution in [1.82, 2.24) is 5.43 Å². The Morgan fingerprint density at radius 2 is 1.19 bits per heavy atom. The largest absolute Gasteiger partial charge is 0.481 e. The number of nitrogens with one attached hydrogen (secondary N) is 1. The van der Waals surface area contributed by atoms with Crippen LogP contribution in [0, 0.1) is 0 Å². The lowest BCUT2D eigenvalue weighted by atomic mass is 10.0. The second-order valence-electron chi connectivity index (χ2n) is 10.9. The number of amidine groups is 1. The molecule has 6 nitrogen and oxygen atoms in total. The van der Waals surface area contributed by atoms with Crippen molar-refractivity contribution in [2.75, 3.05) is 10.2 Å². The monoisotopic (exact) mass is 590 g/mol. The van der Waals surface area contributed by atoms with Crippen LogP contribution < -0.4 is 15.7 Å². The molecule has 0 aliphatic carbocycles. The van der Waals surface area contributed by atoms with E-state index >= 15 is 0 Å². The zero-order chi connectivity index (χ0) is 29.7. The Morgan fingerprint density at radius 3 is 1.67 bits per heavy atom. The lowest BCUT2D eigenvalue weighted by Gasteiger charge is -2.27. The number of anilines is 2. The van der Waals surface area contributed by atoms with E-state index in [1.165, 1.54) is 83.5 Å². The predicted molar refractivity (Wildman–Crippen MR) is 179 cm³/mol. The summed E-state index contributed by atoms with van der Waals surface area (Å²) in [6.07, 6.45) is 20.2. The first kappa shape index (κ1) is 33.2. The number of thiophene rings is 1. The van der Waals surface area contributed by atoms with Gasteiger partial charge in [0.2, 0.25) is 0 Å². The van der Waals surface area contributed by atoms with Gasteiger partial charge in [-0.25, -0.2) is 0 Å². The molecular weight excluding hydrogens is 540 g/mol. The number of aliphatic carboxylic acids is 1. The average molecular weight is 591 g/mol. The summed E-state index contributed by atoms with van der Waals surface area (Å²) in [5.41, 5.74) is 5.41. The fourth-order valence-corrected chi connectivity index (χ4v) is 5.61. The van der Waals surface area contributed by atoms with Crippen molar-refractivity contribution in [3.8, 4) is 0 Å². The topological polar surface area (TPSA) is 68.2 Å². The summed E-state index contributed by atoms with van der Waals surface area (Å²) >= 11 is 1.67. The maximum Gasteiger partial charge on any atom is 0.303 e. The normalized spacial score (nSPS) is 12.5. The average Bonchev–Trinajstić information content (AvgIpc) is 3.71. The molecule has 42 heavy (non-hydrogen) atoms. The summed E-state index contributed by atoms with van der Waals surface area (Å²) in [4.78, 5) is 11.4. The number of para-hydroxylation sites is 2. The fourth-order valence-electron chi connectivity index (χ4n) is 4.95. The van der Waals surface area contributed by atoms with Crippen molar-refractivity contribution < 1.29 is 9.90 Å². The Morgan fingerprint density at radius 1 is 0.690 bits per heavy atom. The van der Waals surface area contributed by atoms with Gasteiger partial charge in [0.1, 0.15) is 0 Å². The highest BCUT2D eigenvalue weighted by Crippen LogP contribution is 2.26. The number of rotatable bonds is 19. The molecule has 2 N–H and O–H groups in total. The molecule has 0 bridgehead atoms. The van der Waals surface area contributed by atoms with Crippen molar-refractivity contribution in [2.24, 2.45) is 5.10 Å². The predicted octanol–water partition coefficient (Wildman–Crippen LogP) is 10.2. The lowest BCUT2D eigenvalue weighted by Crippen LogP contribution is -2.44. The Bertz CT molecular complexity index is 1120. The molecule has 0 radical (unpaired) electrons. The maximum atomic E-state index is 10.3. The molecule has 2 heterocycles. The SMILES string of the molecule is CCCCCCCCCCCCCCCCCC(=O)O.c1ccc(N2N=C(c3cccs3)NN2c2ccccc2)cc1. The molecule has 0 spiro atoms. The molecule has 4 rings (SSSR count). The van der Waals surface area contributed by atoms with Gasteiger partial charge in [-0.2, -0.15) is 10.2 Å². The molecule has 1 aliphatic rings. The summed E-state index contributed by atoms with van der Waals surface area (Å²) in [5, 5.41) is 19.1. The number of carboxylic acids is 1. The van der Waals surface area contributed by atoms with Gasteiger partial charge in [-0.15, -0.1) is 16.4 Å². The molecule has 0 saturated carbocycles. The van der Waals surface area contributed by atoms with Crippen LogP contribution in [-0.2, 0) is 4.79 Å². The van der Waals surface area contributed by atoms with Crippen LogP contribution in [0.3, 0.4) is 0 Å². The molecular formula is C35H50N4O2S. The molecule has 0 saturated heterocycles. The van der Waals surface area contributed by atoms with Crippen LogP contribution in [0.2, 0.25) is 0 Å². The van der Waals surface area contributed by atoms with Gasteiger partial charge in [-0.1, -0.05) is 139 Å². The van der Waals surface area contributed by atoms with Crippen LogP contribution in [-0.4, -0.2) is 16.9 Å². The highest BCUT2D eigenvalue weighted by atomic mass is 32.1. The first-order valence-corrected chi connectivity index (χ1v) is 16.9. The van der Waals surface area contributed by atoms with Crippen molar-refractivity contribution in [2.45, 2.75) is 110 Å². The summed E-state index contributed by atoms with van der Waals surface area (Å²) < 4.78 is 0. The third kappa shape index (κ3) is 12.7. The highest BCUT2D eigenvalue weighted by molar-refractivity contribution is 7.12. The first-order valence-electron chi connectivity index (χ1n) is 16.0. The number of hydrazine groups is 2. The van der Waals surface area contributed by atoms with E-state index < -0.39 is 5.97 Å². The van der Waals surface area contributed by atoms with Gasteiger partial charge in [-0.3, -0.25) is 10.2 Å². The minimum absolute atomic E-state index is 0.345. The van der Waals surface area contributed by atoms with Gasteiger partial charge in [0.05, 0.1) is 16.3 Å². The fraction of sp³-hybridized carbons (Fsp3) is 0.486. The van der Waals surface area contributed by atoms with Crippen LogP contribution in [0.15, 0.2) is 83.3 Å². The number of nitrogens with zero attached hydrogens (tertiary/aromatic N) is 3. The molecule has 3 aromatic rings. The van der Waals surface area contributed by atoms with E-state index in [4.69, 9.17) is 10.2 Å². The number of benzene rings is 2. The zero-order valence-corrected chi connectivity index (χ0v) is 26.2. The van der Waals surface area contributed by atoms with E-state index in [2.05, 4.69) is 35.9 Å². The van der Waals surface area contributed by atoms with E-state index in [1.54, 1.807) is 11.3 Å². The minimum Gasteiger partial charge on any atom is -0.481 e. The van der Waals surface area contributed by atoms with E-state index in [1.807, 2.05) is 64.8 Å². The highest BCUT2D eigenvalue weighted by Gasteiger charge is 2.26. The van der Waals surface area contributed by atoms with Gasteiger partial charge < -0.3 is 5.11 Å². The number of carboxylic acid groups (broad SMARTS) is 1. The van der Waals surface area contributed by atoms with E-state index in [-0.39, 0.29) is 0 Å². The number of carbonyl (C=O) groups is 1. The van der Waals surface area contributed by atoms with Gasteiger partial charge in [0, 0.05) is 6.42 Å². The van der Waals surface area contributed by atoms with Crippen LogP contribution in [0.25, 0.3) is 0 Å². The molecule has 0 unspecified atom stereocenters. The van der Waals surface area contributed by atoms with Crippen molar-refractivity contribution in [1.29, 1.82) is 0 Å². The van der Waals surface area contributed by atoms with Crippen LogP contribution in [0.4, 0.5) is 11.4 Å². The second kappa shape index (κ2) is 20.5. The Hall–Kier alpha value is -3.32. The Kier molecular flexibility index (Phi) is 16.2. The first-order chi connectivity index (χ1) is 20.7. The summed E-state index contributed by atoms with van der Waals surface area (Å²) in [7, 11) is 0. The smallest absolute Gasteiger partial charge is 0.303 e. The molecule has 228 valence electrons. The molecule has 0 fully saturated rings.